The third-order valence-corrected chi connectivity index (χ3v) is 5.97. The van der Waals surface area contributed by atoms with Crippen molar-refractivity contribution in [1.29, 1.82) is 0 Å². The molecule has 0 aromatic heterocycles. The van der Waals surface area contributed by atoms with Crippen molar-refractivity contribution < 1.29 is 9.59 Å². The SMILES string of the molecule is O=C(S)N(Cc1ccccc1)Cc1ccccc1.O=C(S)N(Cc1ccccc1)Cc1ccccc1.[Se]. The molecule has 4 nitrogen and oxygen atoms in total. The van der Waals surface area contributed by atoms with Gasteiger partial charge in [-0.05, 0) is 22.3 Å². The standard InChI is InChI=1S/2C15H15NOS.Se/c2*17-15(18)16(11-13-7-3-1-4-8-13)12-14-9-5-2-6-10-14;/h2*1-10H,11-12H2,(H,17,18);. The molecule has 4 aromatic rings. The summed E-state index contributed by atoms with van der Waals surface area (Å²) in [5.74, 6) is 0. The van der Waals surface area contributed by atoms with Gasteiger partial charge in [-0.3, -0.25) is 9.59 Å². The number of benzene rings is 4. The summed E-state index contributed by atoms with van der Waals surface area (Å²) in [5, 5.41) is -0.412. The van der Waals surface area contributed by atoms with E-state index < -0.39 is 0 Å². The van der Waals surface area contributed by atoms with Crippen LogP contribution in [0, 0.1) is 0 Å². The summed E-state index contributed by atoms with van der Waals surface area (Å²) in [6.07, 6.45) is 0. The van der Waals surface area contributed by atoms with Crippen molar-refractivity contribution in [2.75, 3.05) is 0 Å². The number of carbonyl (C=O) groups is 2. The van der Waals surface area contributed by atoms with Gasteiger partial charge < -0.3 is 9.80 Å². The largest absolute Gasteiger partial charge is 0.325 e. The van der Waals surface area contributed by atoms with E-state index in [2.05, 4.69) is 25.3 Å². The molecule has 37 heavy (non-hydrogen) atoms. The molecule has 0 heterocycles. The normalized spacial score (nSPS) is 9.78. The summed E-state index contributed by atoms with van der Waals surface area (Å²) in [6.45, 7) is 2.33. The first-order chi connectivity index (χ1) is 17.5. The van der Waals surface area contributed by atoms with Gasteiger partial charge in [-0.25, -0.2) is 0 Å². The summed E-state index contributed by atoms with van der Waals surface area (Å²) in [4.78, 5) is 26.5. The zero-order valence-corrected chi connectivity index (χ0v) is 23.9. The molecule has 0 aliphatic carbocycles. The van der Waals surface area contributed by atoms with Crippen molar-refractivity contribution in [3.05, 3.63) is 144 Å². The molecule has 0 spiro atoms. The maximum atomic E-state index is 11.5. The van der Waals surface area contributed by atoms with Crippen LogP contribution >= 0.6 is 25.3 Å². The van der Waals surface area contributed by atoms with Crippen LogP contribution in [0.15, 0.2) is 121 Å². The predicted octanol–water partition coefficient (Wildman–Crippen LogP) is 7.10. The Morgan fingerprint density at radius 3 is 0.784 bits per heavy atom. The van der Waals surface area contributed by atoms with Crippen LogP contribution in [-0.4, -0.2) is 37.3 Å². The summed E-state index contributed by atoms with van der Waals surface area (Å²) < 4.78 is 0. The molecule has 0 saturated heterocycles. The molecule has 7 heteroatoms. The fourth-order valence-electron chi connectivity index (χ4n) is 3.60. The van der Waals surface area contributed by atoms with Crippen molar-refractivity contribution >= 4 is 52.8 Å². The van der Waals surface area contributed by atoms with Gasteiger partial charge in [-0.1, -0.05) is 147 Å². The Kier molecular flexibility index (Phi) is 13.7. The first-order valence-corrected chi connectivity index (χ1v) is 12.5. The van der Waals surface area contributed by atoms with Crippen LogP contribution in [0.25, 0.3) is 0 Å². The molecule has 2 amide bonds. The second-order valence-corrected chi connectivity index (χ2v) is 8.98. The van der Waals surface area contributed by atoms with Gasteiger partial charge in [-0.15, -0.1) is 0 Å². The second kappa shape index (κ2) is 16.7. The average molecular weight is 594 g/mol. The van der Waals surface area contributed by atoms with Crippen LogP contribution < -0.4 is 0 Å². The monoisotopic (exact) mass is 594 g/mol. The Morgan fingerprint density at radius 2 is 0.622 bits per heavy atom. The number of carbonyl (C=O) groups excluding carboxylic acids is 2. The smallest absolute Gasteiger partial charge is 0.279 e. The Labute approximate surface area is 241 Å². The number of rotatable bonds is 8. The van der Waals surface area contributed by atoms with Gasteiger partial charge >= 0.3 is 0 Å². The van der Waals surface area contributed by atoms with Crippen molar-refractivity contribution in [3.8, 4) is 0 Å². The third kappa shape index (κ3) is 11.3. The van der Waals surface area contributed by atoms with Gasteiger partial charge in [0.15, 0.2) is 0 Å². The first kappa shape index (κ1) is 30.3. The van der Waals surface area contributed by atoms with Crippen molar-refractivity contribution in [3.63, 3.8) is 0 Å². The van der Waals surface area contributed by atoms with E-state index in [-0.39, 0.29) is 27.5 Å². The Hall–Kier alpha value is -2.96. The minimum absolute atomic E-state index is 0. The van der Waals surface area contributed by atoms with Gasteiger partial charge in [0.1, 0.15) is 0 Å². The van der Waals surface area contributed by atoms with Crippen LogP contribution in [-0.2, 0) is 26.2 Å². The van der Waals surface area contributed by atoms with E-state index in [0.29, 0.717) is 26.2 Å². The molecule has 0 unspecified atom stereocenters. The quantitative estimate of drug-likeness (QED) is 0.169. The Balaban J connectivity index is 0.000000253. The maximum absolute atomic E-state index is 11.5. The van der Waals surface area contributed by atoms with E-state index in [1.165, 1.54) is 0 Å². The van der Waals surface area contributed by atoms with E-state index in [4.69, 9.17) is 0 Å². The van der Waals surface area contributed by atoms with Crippen molar-refractivity contribution in [2.45, 2.75) is 26.2 Å². The fraction of sp³-hybridized carbons (Fsp3) is 0.133. The van der Waals surface area contributed by atoms with Crippen molar-refractivity contribution in [1.82, 2.24) is 9.80 Å². The van der Waals surface area contributed by atoms with Crippen LogP contribution in [0.2, 0.25) is 0 Å². The predicted molar refractivity (Wildman–Crippen MR) is 159 cm³/mol. The van der Waals surface area contributed by atoms with Crippen LogP contribution in [0.5, 0.6) is 0 Å². The molecule has 2 radical (unpaired) electrons. The molecule has 4 aromatic carbocycles. The van der Waals surface area contributed by atoms with Crippen molar-refractivity contribution in [2.24, 2.45) is 0 Å². The minimum Gasteiger partial charge on any atom is -0.325 e. The van der Waals surface area contributed by atoms with Gasteiger partial charge in [0.05, 0.1) is 0 Å². The van der Waals surface area contributed by atoms with E-state index in [1.807, 2.05) is 121 Å². The van der Waals surface area contributed by atoms with Gasteiger partial charge in [0.25, 0.3) is 10.5 Å². The summed E-state index contributed by atoms with van der Waals surface area (Å²) >= 11 is 7.88. The van der Waals surface area contributed by atoms with Crippen LogP contribution in [0.1, 0.15) is 22.3 Å². The van der Waals surface area contributed by atoms with Gasteiger partial charge in [0, 0.05) is 43.2 Å². The molecule has 190 valence electrons. The van der Waals surface area contributed by atoms with Crippen LogP contribution in [0.3, 0.4) is 0 Å². The van der Waals surface area contributed by atoms with Gasteiger partial charge in [-0.2, -0.15) is 0 Å². The van der Waals surface area contributed by atoms with Gasteiger partial charge in [0.2, 0.25) is 0 Å². The van der Waals surface area contributed by atoms with Crippen LogP contribution in [0.4, 0.5) is 9.59 Å². The number of amides is 2. The van der Waals surface area contributed by atoms with E-state index in [0.717, 1.165) is 22.3 Å². The topological polar surface area (TPSA) is 40.6 Å². The minimum atomic E-state index is -0.206. The third-order valence-electron chi connectivity index (χ3n) is 5.41. The molecule has 0 saturated carbocycles. The molecule has 0 bridgehead atoms. The summed E-state index contributed by atoms with van der Waals surface area (Å²) in [7, 11) is 0. The fourth-order valence-corrected chi connectivity index (χ4v) is 3.88. The Bertz CT molecular complexity index is 1020. The number of nitrogens with zero attached hydrogens (tertiary/aromatic N) is 2. The zero-order chi connectivity index (χ0) is 25.6. The molecule has 0 aliphatic rings. The molecule has 0 N–H and O–H groups in total. The van der Waals surface area contributed by atoms with E-state index in [1.54, 1.807) is 9.80 Å². The molecule has 0 aliphatic heterocycles. The number of hydrogen-bond donors (Lipinski definition) is 2. The van der Waals surface area contributed by atoms with E-state index >= 15 is 0 Å². The molecule has 0 atom stereocenters. The number of hydrogen-bond acceptors (Lipinski definition) is 2. The molecule has 0 fully saturated rings. The molecular weight excluding hydrogens is 563 g/mol. The van der Waals surface area contributed by atoms with E-state index in [9.17, 15) is 9.59 Å². The number of thiol groups is 2. The molecular formula is C30H30N2O2S2Se. The second-order valence-electron chi connectivity index (χ2n) is 8.22. The first-order valence-electron chi connectivity index (χ1n) is 11.6. The molecule has 4 rings (SSSR count). The summed E-state index contributed by atoms with van der Waals surface area (Å²) in [5.41, 5.74) is 4.43. The maximum Gasteiger partial charge on any atom is 0.279 e. The Morgan fingerprint density at radius 1 is 0.432 bits per heavy atom. The average Bonchev–Trinajstić information content (AvgIpc) is 2.91. The summed E-state index contributed by atoms with van der Waals surface area (Å²) in [6, 6.07) is 39.7. The zero-order valence-electron chi connectivity index (χ0n) is 20.4.